The van der Waals surface area contributed by atoms with Crippen LogP contribution < -0.4 is 5.43 Å². The van der Waals surface area contributed by atoms with Crippen LogP contribution in [0.5, 0.6) is 0 Å². The molecule has 2 aromatic carbocycles. The van der Waals surface area contributed by atoms with E-state index in [1.54, 1.807) is 18.3 Å². The van der Waals surface area contributed by atoms with E-state index in [0.717, 1.165) is 5.56 Å². The standard InChI is InChI=1S/C14H10Cl2N2O/c15-11-6-7-13(16)12(8-11)14(19)18-17-9-10-4-2-1-3-5-10/h1-9H,(H,18,19)/b17-9+. The molecule has 0 aliphatic carbocycles. The van der Waals surface area contributed by atoms with Gasteiger partial charge in [-0.2, -0.15) is 5.10 Å². The van der Waals surface area contributed by atoms with Gasteiger partial charge < -0.3 is 0 Å². The van der Waals surface area contributed by atoms with E-state index in [1.165, 1.54) is 6.07 Å². The molecular weight excluding hydrogens is 283 g/mol. The summed E-state index contributed by atoms with van der Waals surface area (Å²) in [6, 6.07) is 14.1. The summed E-state index contributed by atoms with van der Waals surface area (Å²) < 4.78 is 0. The van der Waals surface area contributed by atoms with E-state index in [1.807, 2.05) is 30.3 Å². The van der Waals surface area contributed by atoms with Crippen molar-refractivity contribution in [3.05, 3.63) is 69.7 Å². The average molecular weight is 293 g/mol. The van der Waals surface area contributed by atoms with Crippen LogP contribution >= 0.6 is 23.2 Å². The first-order chi connectivity index (χ1) is 9.16. The summed E-state index contributed by atoms with van der Waals surface area (Å²) in [5.41, 5.74) is 3.58. The van der Waals surface area contributed by atoms with Gasteiger partial charge in [-0.1, -0.05) is 53.5 Å². The molecule has 0 fully saturated rings. The monoisotopic (exact) mass is 292 g/mol. The van der Waals surface area contributed by atoms with Gasteiger partial charge in [-0.25, -0.2) is 5.43 Å². The Labute approximate surface area is 120 Å². The normalized spacial score (nSPS) is 10.6. The fourth-order valence-corrected chi connectivity index (χ4v) is 1.81. The minimum atomic E-state index is -0.403. The van der Waals surface area contributed by atoms with Crippen molar-refractivity contribution >= 4 is 35.3 Å². The summed E-state index contributed by atoms with van der Waals surface area (Å²) >= 11 is 11.7. The predicted octanol–water partition coefficient (Wildman–Crippen LogP) is 3.76. The lowest BCUT2D eigenvalue weighted by Gasteiger charge is -2.02. The van der Waals surface area contributed by atoms with Gasteiger partial charge in [0, 0.05) is 5.02 Å². The molecular formula is C14H10Cl2N2O. The van der Waals surface area contributed by atoms with Crippen LogP contribution in [0, 0.1) is 0 Å². The van der Waals surface area contributed by atoms with Crippen molar-refractivity contribution in [2.24, 2.45) is 5.10 Å². The van der Waals surface area contributed by atoms with Gasteiger partial charge in [-0.05, 0) is 23.8 Å². The van der Waals surface area contributed by atoms with Crippen LogP contribution in [0.1, 0.15) is 15.9 Å². The number of rotatable bonds is 3. The van der Waals surface area contributed by atoms with Crippen molar-refractivity contribution in [1.82, 2.24) is 5.43 Å². The molecule has 0 spiro atoms. The number of hydrogen-bond acceptors (Lipinski definition) is 2. The van der Waals surface area contributed by atoms with E-state index in [9.17, 15) is 4.79 Å². The Bertz CT molecular complexity index is 612. The lowest BCUT2D eigenvalue weighted by atomic mass is 10.2. The van der Waals surface area contributed by atoms with Crippen LogP contribution in [0.3, 0.4) is 0 Å². The highest BCUT2D eigenvalue weighted by atomic mass is 35.5. The molecule has 0 aliphatic heterocycles. The number of nitrogens with zero attached hydrogens (tertiary/aromatic N) is 1. The third-order valence-corrected chi connectivity index (χ3v) is 2.92. The maximum absolute atomic E-state index is 11.8. The lowest BCUT2D eigenvalue weighted by molar-refractivity contribution is 0.0955. The number of nitrogens with one attached hydrogen (secondary N) is 1. The second-order valence-electron chi connectivity index (χ2n) is 3.73. The molecule has 19 heavy (non-hydrogen) atoms. The Morgan fingerprint density at radius 2 is 1.84 bits per heavy atom. The zero-order valence-corrected chi connectivity index (χ0v) is 11.3. The van der Waals surface area contributed by atoms with Crippen molar-refractivity contribution < 1.29 is 4.79 Å². The molecule has 2 rings (SSSR count). The average Bonchev–Trinajstić information content (AvgIpc) is 2.42. The first-order valence-electron chi connectivity index (χ1n) is 5.50. The third kappa shape index (κ3) is 3.81. The van der Waals surface area contributed by atoms with Crippen molar-refractivity contribution in [2.45, 2.75) is 0 Å². The molecule has 0 aromatic heterocycles. The maximum Gasteiger partial charge on any atom is 0.272 e. The largest absolute Gasteiger partial charge is 0.272 e. The van der Waals surface area contributed by atoms with Gasteiger partial charge in [0.1, 0.15) is 0 Å². The zero-order valence-electron chi connectivity index (χ0n) is 9.81. The third-order valence-electron chi connectivity index (χ3n) is 2.35. The van der Waals surface area contributed by atoms with E-state index >= 15 is 0 Å². The van der Waals surface area contributed by atoms with E-state index in [4.69, 9.17) is 23.2 Å². The van der Waals surface area contributed by atoms with Crippen LogP contribution in [0.15, 0.2) is 53.6 Å². The minimum Gasteiger partial charge on any atom is -0.267 e. The minimum absolute atomic E-state index is 0.291. The van der Waals surface area contributed by atoms with E-state index < -0.39 is 5.91 Å². The predicted molar refractivity (Wildman–Crippen MR) is 78.0 cm³/mol. The van der Waals surface area contributed by atoms with E-state index in [2.05, 4.69) is 10.5 Å². The number of amides is 1. The molecule has 5 heteroatoms. The van der Waals surface area contributed by atoms with Crippen LogP contribution in [-0.4, -0.2) is 12.1 Å². The number of carbonyl (C=O) groups excluding carboxylic acids is 1. The van der Waals surface area contributed by atoms with E-state index in [-0.39, 0.29) is 0 Å². The van der Waals surface area contributed by atoms with Crippen LogP contribution in [0.4, 0.5) is 0 Å². The van der Waals surface area contributed by atoms with Gasteiger partial charge in [0.15, 0.2) is 0 Å². The van der Waals surface area contributed by atoms with E-state index in [0.29, 0.717) is 15.6 Å². The van der Waals surface area contributed by atoms with Gasteiger partial charge in [0.2, 0.25) is 0 Å². The van der Waals surface area contributed by atoms with Crippen molar-refractivity contribution in [1.29, 1.82) is 0 Å². The molecule has 0 atom stereocenters. The fraction of sp³-hybridized carbons (Fsp3) is 0. The fourth-order valence-electron chi connectivity index (χ4n) is 1.44. The molecule has 0 bridgehead atoms. The van der Waals surface area contributed by atoms with Crippen LogP contribution in [0.25, 0.3) is 0 Å². The van der Waals surface area contributed by atoms with Gasteiger partial charge in [-0.15, -0.1) is 0 Å². The van der Waals surface area contributed by atoms with Gasteiger partial charge in [-0.3, -0.25) is 4.79 Å². The Morgan fingerprint density at radius 3 is 2.58 bits per heavy atom. The molecule has 1 N–H and O–H groups in total. The summed E-state index contributed by atoms with van der Waals surface area (Å²) in [7, 11) is 0. The van der Waals surface area contributed by atoms with Crippen LogP contribution in [-0.2, 0) is 0 Å². The molecule has 96 valence electrons. The molecule has 0 heterocycles. The Morgan fingerprint density at radius 1 is 1.11 bits per heavy atom. The van der Waals surface area contributed by atoms with Crippen molar-refractivity contribution in [2.75, 3.05) is 0 Å². The number of hydrogen-bond donors (Lipinski definition) is 1. The van der Waals surface area contributed by atoms with Crippen LogP contribution in [0.2, 0.25) is 10.0 Å². The molecule has 3 nitrogen and oxygen atoms in total. The van der Waals surface area contributed by atoms with Gasteiger partial charge >= 0.3 is 0 Å². The Balaban J connectivity index is 2.06. The zero-order chi connectivity index (χ0) is 13.7. The Hall–Kier alpha value is -1.84. The second-order valence-corrected chi connectivity index (χ2v) is 4.58. The molecule has 2 aromatic rings. The quantitative estimate of drug-likeness (QED) is 0.679. The summed E-state index contributed by atoms with van der Waals surface area (Å²) in [4.78, 5) is 11.8. The highest BCUT2D eigenvalue weighted by Crippen LogP contribution is 2.20. The number of carbonyl (C=O) groups is 1. The topological polar surface area (TPSA) is 41.5 Å². The Kier molecular flexibility index (Phi) is 4.55. The molecule has 1 amide bonds. The first-order valence-corrected chi connectivity index (χ1v) is 6.26. The summed E-state index contributed by atoms with van der Waals surface area (Å²) in [6.07, 6.45) is 1.55. The highest BCUT2D eigenvalue weighted by molar-refractivity contribution is 6.35. The molecule has 0 unspecified atom stereocenters. The second kappa shape index (κ2) is 6.36. The number of benzene rings is 2. The lowest BCUT2D eigenvalue weighted by Crippen LogP contribution is -2.18. The number of hydrazone groups is 1. The molecule has 0 saturated carbocycles. The number of halogens is 2. The van der Waals surface area contributed by atoms with Gasteiger partial charge in [0.05, 0.1) is 16.8 Å². The molecule has 0 aliphatic rings. The van der Waals surface area contributed by atoms with Crippen molar-refractivity contribution in [3.63, 3.8) is 0 Å². The SMILES string of the molecule is O=C(N/N=C/c1ccccc1)c1cc(Cl)ccc1Cl. The first kappa shape index (κ1) is 13.6. The molecule has 0 saturated heterocycles. The molecule has 0 radical (unpaired) electrons. The summed E-state index contributed by atoms with van der Waals surface area (Å²) in [5.74, 6) is -0.403. The smallest absolute Gasteiger partial charge is 0.267 e. The van der Waals surface area contributed by atoms with Gasteiger partial charge in [0.25, 0.3) is 5.91 Å². The highest BCUT2D eigenvalue weighted by Gasteiger charge is 2.09. The summed E-state index contributed by atoms with van der Waals surface area (Å²) in [5, 5.41) is 4.64. The maximum atomic E-state index is 11.8. The van der Waals surface area contributed by atoms with Crippen molar-refractivity contribution in [3.8, 4) is 0 Å². The summed E-state index contributed by atoms with van der Waals surface area (Å²) in [6.45, 7) is 0.